The average Bonchev–Trinajstić information content (AvgIpc) is 3.06. The number of amides is 1. The number of hydrogen-bond donors (Lipinski definition) is 1. The first-order chi connectivity index (χ1) is 14.9. The van der Waals surface area contributed by atoms with E-state index in [2.05, 4.69) is 35.5 Å². The van der Waals surface area contributed by atoms with Crippen LogP contribution >= 0.6 is 0 Å². The molecule has 0 bridgehead atoms. The van der Waals surface area contributed by atoms with Gasteiger partial charge in [0.2, 0.25) is 5.91 Å². The zero-order valence-electron chi connectivity index (χ0n) is 18.6. The zero-order valence-corrected chi connectivity index (χ0v) is 18.6. The second-order valence-electron chi connectivity index (χ2n) is 7.98. The first-order valence-corrected chi connectivity index (χ1v) is 10.4. The van der Waals surface area contributed by atoms with Crippen molar-refractivity contribution in [2.45, 2.75) is 33.6 Å². The van der Waals surface area contributed by atoms with Crippen molar-refractivity contribution in [1.82, 2.24) is 9.78 Å². The summed E-state index contributed by atoms with van der Waals surface area (Å²) in [6, 6.07) is 20.2. The number of nitrogens with zero attached hydrogens (tertiary/aromatic N) is 2. The van der Waals surface area contributed by atoms with E-state index in [1.165, 1.54) is 5.56 Å². The van der Waals surface area contributed by atoms with E-state index in [1.807, 2.05) is 67.9 Å². The molecular formula is C26H27N3O2. The van der Waals surface area contributed by atoms with Crippen LogP contribution in [0.5, 0.6) is 5.75 Å². The lowest BCUT2D eigenvalue weighted by Gasteiger charge is -2.14. The van der Waals surface area contributed by atoms with E-state index in [1.54, 1.807) is 7.11 Å². The van der Waals surface area contributed by atoms with Crippen LogP contribution in [0.25, 0.3) is 16.5 Å². The molecule has 31 heavy (non-hydrogen) atoms. The number of rotatable bonds is 5. The molecule has 1 amide bonds. The lowest BCUT2D eigenvalue weighted by atomic mass is 9.97. The Balaban J connectivity index is 1.58. The summed E-state index contributed by atoms with van der Waals surface area (Å²) < 4.78 is 7.17. The minimum Gasteiger partial charge on any atom is -0.497 e. The van der Waals surface area contributed by atoms with Crippen molar-refractivity contribution in [2.75, 3.05) is 12.4 Å². The van der Waals surface area contributed by atoms with Gasteiger partial charge in [0.15, 0.2) is 0 Å². The Kier molecular flexibility index (Phi) is 5.51. The topological polar surface area (TPSA) is 56.1 Å². The van der Waals surface area contributed by atoms with E-state index in [9.17, 15) is 4.79 Å². The van der Waals surface area contributed by atoms with Gasteiger partial charge in [-0.3, -0.25) is 4.79 Å². The highest BCUT2D eigenvalue weighted by molar-refractivity contribution is 5.97. The Morgan fingerprint density at radius 2 is 1.65 bits per heavy atom. The molecule has 5 heteroatoms. The van der Waals surface area contributed by atoms with Crippen molar-refractivity contribution in [3.8, 4) is 11.4 Å². The van der Waals surface area contributed by atoms with E-state index >= 15 is 0 Å². The summed E-state index contributed by atoms with van der Waals surface area (Å²) in [5.41, 5.74) is 5.61. The van der Waals surface area contributed by atoms with Crippen LogP contribution in [0.4, 0.5) is 5.69 Å². The van der Waals surface area contributed by atoms with Crippen molar-refractivity contribution in [3.05, 3.63) is 83.2 Å². The summed E-state index contributed by atoms with van der Waals surface area (Å²) in [5, 5.41) is 9.91. The molecule has 1 aromatic heterocycles. The van der Waals surface area contributed by atoms with Gasteiger partial charge in [-0.2, -0.15) is 5.10 Å². The van der Waals surface area contributed by atoms with E-state index in [4.69, 9.17) is 4.74 Å². The molecule has 0 aliphatic heterocycles. The Bertz CT molecular complexity index is 1260. The van der Waals surface area contributed by atoms with E-state index in [0.717, 1.165) is 44.8 Å². The number of aryl methyl sites for hydroxylation is 2. The molecule has 0 spiro atoms. The van der Waals surface area contributed by atoms with Gasteiger partial charge in [-0.25, -0.2) is 4.68 Å². The molecule has 0 unspecified atom stereocenters. The van der Waals surface area contributed by atoms with Crippen LogP contribution in [0.15, 0.2) is 60.7 Å². The van der Waals surface area contributed by atoms with Gasteiger partial charge in [0.1, 0.15) is 5.75 Å². The SMILES string of the molecule is COc1ccc2cc([C@H](C)C(=O)Nc3c(C)nn(-c4ccc(C)cc4)c3C)ccc2c1. The third-order valence-corrected chi connectivity index (χ3v) is 5.78. The normalized spacial score (nSPS) is 12.0. The number of benzene rings is 3. The summed E-state index contributed by atoms with van der Waals surface area (Å²) in [7, 11) is 1.66. The summed E-state index contributed by atoms with van der Waals surface area (Å²) >= 11 is 0. The highest BCUT2D eigenvalue weighted by Gasteiger charge is 2.20. The Labute approximate surface area is 182 Å². The summed E-state index contributed by atoms with van der Waals surface area (Å²) in [6.45, 7) is 7.88. The number of hydrogen-bond acceptors (Lipinski definition) is 3. The molecule has 3 aromatic carbocycles. The highest BCUT2D eigenvalue weighted by Crippen LogP contribution is 2.28. The molecule has 0 saturated heterocycles. The van der Waals surface area contributed by atoms with Crippen LogP contribution in [-0.2, 0) is 4.79 Å². The van der Waals surface area contributed by atoms with Gasteiger partial charge in [-0.05, 0) is 68.3 Å². The number of methoxy groups -OCH3 is 1. The van der Waals surface area contributed by atoms with Crippen molar-refractivity contribution in [2.24, 2.45) is 0 Å². The third kappa shape index (κ3) is 4.04. The quantitative estimate of drug-likeness (QED) is 0.456. The van der Waals surface area contributed by atoms with Crippen LogP contribution in [0.1, 0.15) is 35.4 Å². The smallest absolute Gasteiger partial charge is 0.231 e. The van der Waals surface area contributed by atoms with Crippen LogP contribution in [-0.4, -0.2) is 22.8 Å². The number of anilines is 1. The standard InChI is InChI=1S/C26H27N3O2/c1-16-6-11-23(12-7-16)29-19(4)25(18(3)28-29)27-26(30)17(2)20-8-9-22-15-24(31-5)13-10-21(22)14-20/h6-15,17H,1-5H3,(H,27,30)/t17-/m0/s1. The van der Waals surface area contributed by atoms with Gasteiger partial charge in [-0.15, -0.1) is 0 Å². The van der Waals surface area contributed by atoms with Gasteiger partial charge in [-0.1, -0.05) is 42.0 Å². The van der Waals surface area contributed by atoms with Crippen molar-refractivity contribution in [1.29, 1.82) is 0 Å². The monoisotopic (exact) mass is 413 g/mol. The van der Waals surface area contributed by atoms with E-state index < -0.39 is 0 Å². The van der Waals surface area contributed by atoms with E-state index in [0.29, 0.717) is 0 Å². The molecule has 0 aliphatic carbocycles. The number of nitrogens with one attached hydrogen (secondary N) is 1. The summed E-state index contributed by atoms with van der Waals surface area (Å²) in [5.74, 6) is 0.470. The number of fused-ring (bicyclic) bond motifs is 1. The second-order valence-corrected chi connectivity index (χ2v) is 7.98. The van der Waals surface area contributed by atoms with Gasteiger partial charge < -0.3 is 10.1 Å². The maximum Gasteiger partial charge on any atom is 0.231 e. The van der Waals surface area contributed by atoms with Crippen molar-refractivity contribution in [3.63, 3.8) is 0 Å². The van der Waals surface area contributed by atoms with E-state index in [-0.39, 0.29) is 11.8 Å². The van der Waals surface area contributed by atoms with Crippen LogP contribution in [0.2, 0.25) is 0 Å². The molecule has 5 nitrogen and oxygen atoms in total. The van der Waals surface area contributed by atoms with Crippen molar-refractivity contribution < 1.29 is 9.53 Å². The Morgan fingerprint density at radius 1 is 0.968 bits per heavy atom. The molecule has 4 rings (SSSR count). The molecular weight excluding hydrogens is 386 g/mol. The Morgan fingerprint density at radius 3 is 2.35 bits per heavy atom. The van der Waals surface area contributed by atoms with Gasteiger partial charge in [0.05, 0.1) is 35.8 Å². The molecule has 0 saturated carbocycles. The van der Waals surface area contributed by atoms with Gasteiger partial charge in [0.25, 0.3) is 0 Å². The first-order valence-electron chi connectivity index (χ1n) is 10.4. The maximum absolute atomic E-state index is 13.1. The molecule has 0 aliphatic rings. The highest BCUT2D eigenvalue weighted by atomic mass is 16.5. The van der Waals surface area contributed by atoms with Crippen LogP contribution in [0.3, 0.4) is 0 Å². The van der Waals surface area contributed by atoms with Gasteiger partial charge in [0, 0.05) is 0 Å². The fraction of sp³-hybridized carbons (Fsp3) is 0.231. The lowest BCUT2D eigenvalue weighted by molar-refractivity contribution is -0.117. The fourth-order valence-electron chi connectivity index (χ4n) is 3.78. The molecule has 1 heterocycles. The first kappa shape index (κ1) is 20.7. The number of aromatic nitrogens is 2. The number of carbonyl (C=O) groups is 1. The number of ether oxygens (including phenoxy) is 1. The predicted octanol–water partition coefficient (Wildman–Crippen LogP) is 5.70. The Hall–Kier alpha value is -3.60. The van der Waals surface area contributed by atoms with Crippen LogP contribution < -0.4 is 10.1 Å². The number of carbonyl (C=O) groups excluding carboxylic acids is 1. The van der Waals surface area contributed by atoms with Crippen molar-refractivity contribution >= 4 is 22.4 Å². The molecule has 1 N–H and O–H groups in total. The molecule has 0 fully saturated rings. The average molecular weight is 414 g/mol. The maximum atomic E-state index is 13.1. The third-order valence-electron chi connectivity index (χ3n) is 5.78. The fourth-order valence-corrected chi connectivity index (χ4v) is 3.78. The lowest BCUT2D eigenvalue weighted by Crippen LogP contribution is -2.19. The second kappa shape index (κ2) is 8.26. The molecule has 4 aromatic rings. The molecule has 158 valence electrons. The zero-order chi connectivity index (χ0) is 22.1. The molecule has 1 atom stereocenters. The minimum absolute atomic E-state index is 0.0532. The van der Waals surface area contributed by atoms with Crippen LogP contribution in [0, 0.1) is 20.8 Å². The largest absolute Gasteiger partial charge is 0.497 e. The van der Waals surface area contributed by atoms with Gasteiger partial charge >= 0.3 is 0 Å². The predicted molar refractivity (Wildman–Crippen MR) is 125 cm³/mol. The molecule has 0 radical (unpaired) electrons. The summed E-state index contributed by atoms with van der Waals surface area (Å²) in [4.78, 5) is 13.1. The summed E-state index contributed by atoms with van der Waals surface area (Å²) in [6.07, 6.45) is 0. The minimum atomic E-state index is -0.298.